The van der Waals surface area contributed by atoms with Crippen LogP contribution in [0.5, 0.6) is 0 Å². The van der Waals surface area contributed by atoms with Crippen molar-refractivity contribution in [2.24, 2.45) is 0 Å². The number of para-hydroxylation sites is 1. The van der Waals surface area contributed by atoms with Crippen molar-refractivity contribution in [2.75, 3.05) is 5.32 Å². The average molecular weight is 367 g/mol. The van der Waals surface area contributed by atoms with Gasteiger partial charge in [-0.15, -0.1) is 0 Å². The average Bonchev–Trinajstić information content (AvgIpc) is 2.70. The number of nitrogens with zero attached hydrogens (tertiary/aromatic N) is 1. The zero-order chi connectivity index (χ0) is 19.2. The van der Waals surface area contributed by atoms with Gasteiger partial charge >= 0.3 is 0 Å². The summed E-state index contributed by atoms with van der Waals surface area (Å²) in [6, 6.07) is 14.4. The summed E-state index contributed by atoms with van der Waals surface area (Å²) in [5, 5.41) is 4.91. The first-order valence-electron chi connectivity index (χ1n) is 8.08. The molecule has 0 radical (unpaired) electrons. The van der Waals surface area contributed by atoms with Gasteiger partial charge in [-0.3, -0.25) is 14.6 Å². The summed E-state index contributed by atoms with van der Waals surface area (Å²) in [5.74, 6) is -2.74. The molecular formula is C20H15F2N3O2. The molecule has 1 heterocycles. The number of hydrogen-bond donors (Lipinski definition) is 2. The summed E-state index contributed by atoms with van der Waals surface area (Å²) in [6.07, 6.45) is 1.63. The summed E-state index contributed by atoms with van der Waals surface area (Å²) in [4.78, 5) is 28.4. The minimum absolute atomic E-state index is 0.166. The normalized spacial score (nSPS) is 10.3. The molecule has 0 saturated carbocycles. The first kappa shape index (κ1) is 18.2. The molecule has 0 atom stereocenters. The lowest BCUT2D eigenvalue weighted by Gasteiger charge is -2.08. The number of halogens is 2. The van der Waals surface area contributed by atoms with E-state index in [4.69, 9.17) is 0 Å². The monoisotopic (exact) mass is 367 g/mol. The van der Waals surface area contributed by atoms with Gasteiger partial charge in [-0.05, 0) is 48.5 Å². The Balaban J connectivity index is 1.64. The van der Waals surface area contributed by atoms with Crippen molar-refractivity contribution in [1.29, 1.82) is 0 Å². The Kier molecular flexibility index (Phi) is 5.51. The second-order valence-electron chi connectivity index (χ2n) is 5.63. The van der Waals surface area contributed by atoms with Crippen molar-refractivity contribution in [3.63, 3.8) is 0 Å². The predicted molar refractivity (Wildman–Crippen MR) is 96.2 cm³/mol. The van der Waals surface area contributed by atoms with E-state index < -0.39 is 23.2 Å². The summed E-state index contributed by atoms with van der Waals surface area (Å²) in [5.41, 5.74) is 0.715. The van der Waals surface area contributed by atoms with Gasteiger partial charge in [-0.25, -0.2) is 8.78 Å². The van der Waals surface area contributed by atoms with Gasteiger partial charge in [0, 0.05) is 17.3 Å². The van der Waals surface area contributed by atoms with E-state index in [1.54, 1.807) is 18.3 Å². The maximum atomic E-state index is 13.6. The van der Waals surface area contributed by atoms with E-state index in [0.29, 0.717) is 11.3 Å². The molecule has 0 saturated heterocycles. The van der Waals surface area contributed by atoms with E-state index in [2.05, 4.69) is 15.6 Å². The molecule has 2 N–H and O–H groups in total. The lowest BCUT2D eigenvalue weighted by Crippen LogP contribution is -2.23. The van der Waals surface area contributed by atoms with Crippen LogP contribution in [0.15, 0.2) is 66.9 Å². The molecule has 7 heteroatoms. The van der Waals surface area contributed by atoms with E-state index in [-0.39, 0.29) is 18.0 Å². The maximum Gasteiger partial charge on any atom is 0.255 e. The fourth-order valence-corrected chi connectivity index (χ4v) is 2.35. The standard InChI is InChI=1S/C20H15F2N3O2/c21-16-5-3-6-17(22)18(16)25-20(27)14-9-7-13(8-10-14)19(26)24-12-15-4-1-2-11-23-15/h1-11H,12H2,(H,24,26)(H,25,27). The Bertz CT molecular complexity index is 940. The number of hydrogen-bond acceptors (Lipinski definition) is 3. The van der Waals surface area contributed by atoms with Gasteiger partial charge in [0.05, 0.1) is 12.2 Å². The number of benzene rings is 2. The zero-order valence-electron chi connectivity index (χ0n) is 14.1. The third-order valence-corrected chi connectivity index (χ3v) is 3.77. The molecular weight excluding hydrogens is 352 g/mol. The number of amides is 2. The van der Waals surface area contributed by atoms with E-state index in [1.807, 2.05) is 6.07 Å². The van der Waals surface area contributed by atoms with Crippen LogP contribution >= 0.6 is 0 Å². The molecule has 0 aliphatic heterocycles. The van der Waals surface area contributed by atoms with Gasteiger partial charge in [0.15, 0.2) is 0 Å². The second-order valence-corrected chi connectivity index (χ2v) is 5.63. The van der Waals surface area contributed by atoms with Crippen LogP contribution in [-0.4, -0.2) is 16.8 Å². The van der Waals surface area contributed by atoms with Gasteiger partial charge < -0.3 is 10.6 Å². The molecule has 1 aromatic heterocycles. The molecule has 27 heavy (non-hydrogen) atoms. The van der Waals surface area contributed by atoms with Gasteiger partial charge in [0.25, 0.3) is 11.8 Å². The quantitative estimate of drug-likeness (QED) is 0.725. The highest BCUT2D eigenvalue weighted by atomic mass is 19.1. The van der Waals surface area contributed by atoms with Crippen LogP contribution in [0.4, 0.5) is 14.5 Å². The Morgan fingerprint density at radius 2 is 1.44 bits per heavy atom. The molecule has 0 aliphatic rings. The fourth-order valence-electron chi connectivity index (χ4n) is 2.35. The molecule has 2 amide bonds. The lowest BCUT2D eigenvalue weighted by atomic mass is 10.1. The minimum Gasteiger partial charge on any atom is -0.346 e. The molecule has 3 rings (SSSR count). The Hall–Kier alpha value is -3.61. The third-order valence-electron chi connectivity index (χ3n) is 3.77. The zero-order valence-corrected chi connectivity index (χ0v) is 14.1. The van der Waals surface area contributed by atoms with E-state index in [1.165, 1.54) is 30.3 Å². The van der Waals surface area contributed by atoms with E-state index in [0.717, 1.165) is 12.1 Å². The Morgan fingerprint density at radius 1 is 0.815 bits per heavy atom. The largest absolute Gasteiger partial charge is 0.346 e. The molecule has 0 fully saturated rings. The van der Waals surface area contributed by atoms with Crippen LogP contribution in [0, 0.1) is 11.6 Å². The summed E-state index contributed by atoms with van der Waals surface area (Å²) in [7, 11) is 0. The highest BCUT2D eigenvalue weighted by Crippen LogP contribution is 2.19. The molecule has 136 valence electrons. The maximum absolute atomic E-state index is 13.6. The highest BCUT2D eigenvalue weighted by Gasteiger charge is 2.14. The smallest absolute Gasteiger partial charge is 0.255 e. The molecule has 0 spiro atoms. The van der Waals surface area contributed by atoms with Crippen LogP contribution in [-0.2, 0) is 6.54 Å². The van der Waals surface area contributed by atoms with Gasteiger partial charge in [0.1, 0.15) is 17.3 Å². The van der Waals surface area contributed by atoms with Crippen LogP contribution in [0.25, 0.3) is 0 Å². The van der Waals surface area contributed by atoms with Crippen molar-refractivity contribution in [2.45, 2.75) is 6.54 Å². The SMILES string of the molecule is O=C(NCc1ccccn1)c1ccc(C(=O)Nc2c(F)cccc2F)cc1. The number of aromatic nitrogens is 1. The van der Waals surface area contributed by atoms with E-state index >= 15 is 0 Å². The molecule has 5 nitrogen and oxygen atoms in total. The number of anilines is 1. The summed E-state index contributed by atoms with van der Waals surface area (Å²) < 4.78 is 27.2. The molecule has 0 aliphatic carbocycles. The molecule has 2 aromatic carbocycles. The number of nitrogens with one attached hydrogen (secondary N) is 2. The number of carbonyl (C=O) groups excluding carboxylic acids is 2. The number of carbonyl (C=O) groups is 2. The molecule has 0 bridgehead atoms. The third kappa shape index (κ3) is 4.52. The lowest BCUT2D eigenvalue weighted by molar-refractivity contribution is 0.0948. The van der Waals surface area contributed by atoms with Crippen LogP contribution in [0.3, 0.4) is 0 Å². The van der Waals surface area contributed by atoms with Crippen molar-refractivity contribution in [3.05, 3.63) is 95.3 Å². The van der Waals surface area contributed by atoms with Crippen molar-refractivity contribution < 1.29 is 18.4 Å². The van der Waals surface area contributed by atoms with Crippen LogP contribution in [0.2, 0.25) is 0 Å². The van der Waals surface area contributed by atoms with E-state index in [9.17, 15) is 18.4 Å². The molecule has 3 aromatic rings. The van der Waals surface area contributed by atoms with Gasteiger partial charge in [0.2, 0.25) is 0 Å². The first-order chi connectivity index (χ1) is 13.0. The first-order valence-corrected chi connectivity index (χ1v) is 8.08. The van der Waals surface area contributed by atoms with Gasteiger partial charge in [-0.1, -0.05) is 12.1 Å². The van der Waals surface area contributed by atoms with Crippen LogP contribution < -0.4 is 10.6 Å². The molecule has 0 unspecified atom stereocenters. The topological polar surface area (TPSA) is 71.1 Å². The minimum atomic E-state index is -0.867. The van der Waals surface area contributed by atoms with Crippen molar-refractivity contribution in [1.82, 2.24) is 10.3 Å². The van der Waals surface area contributed by atoms with Crippen LogP contribution in [0.1, 0.15) is 26.4 Å². The van der Waals surface area contributed by atoms with Gasteiger partial charge in [-0.2, -0.15) is 0 Å². The number of rotatable bonds is 5. The Labute approximate surface area is 154 Å². The van der Waals surface area contributed by atoms with Crippen molar-refractivity contribution >= 4 is 17.5 Å². The fraction of sp³-hybridized carbons (Fsp3) is 0.0500. The number of pyridine rings is 1. The summed E-state index contributed by atoms with van der Waals surface area (Å²) in [6.45, 7) is 0.272. The Morgan fingerprint density at radius 3 is 2.04 bits per heavy atom. The second kappa shape index (κ2) is 8.18. The summed E-state index contributed by atoms with van der Waals surface area (Å²) >= 11 is 0. The predicted octanol–water partition coefficient (Wildman–Crippen LogP) is 3.54. The van der Waals surface area contributed by atoms with Crippen molar-refractivity contribution in [3.8, 4) is 0 Å². The highest BCUT2D eigenvalue weighted by molar-refractivity contribution is 6.05.